The van der Waals surface area contributed by atoms with Crippen molar-refractivity contribution in [2.24, 2.45) is 11.8 Å². The van der Waals surface area contributed by atoms with Crippen molar-refractivity contribution in [2.75, 3.05) is 110 Å². The summed E-state index contributed by atoms with van der Waals surface area (Å²) in [7, 11) is -0.556. The number of amides is 4. The average Bonchev–Trinajstić information content (AvgIpc) is 2.80. The standard InChI is InChI=1S/C27H38N6O3.C20H28BF3N2O3.C13H19ClN4O2/c1-3-19-8-9-33(17-19)27(35)29-21-5-4-18(2)23(15-21)24-16-25(32-10-12-36-13-11-32)31-26(30-24)28-20-6-7-22(34)14-20;1-13-6-7-15(10-16(13)21-28-18(2,3)19(4,5)29-21)25-17(27)26-9-8-14(12-26)11-20(22,23)24;14-11-8-12(18-3-5-20-6-4-18)17-13(16-11)15-9-1-2-10(19)7-9/h4-5,15-16,19-20,22,34H,3,6-14,17H2,1-2H3,(H,29,35)(H,28,30,31);6-7,10,14H,8-9,11-12H2,1-5H3,(H,25,27);8-10,19H,1-7H2,(H,15,16,17)/t19-,20?,22?;14-;/m10./s1. The lowest BCUT2D eigenvalue weighted by molar-refractivity contribution is -0.143. The third kappa shape index (κ3) is 17.3. The van der Waals surface area contributed by atoms with Gasteiger partial charge in [0.05, 0.1) is 55.5 Å². The van der Waals surface area contributed by atoms with Gasteiger partial charge in [0.15, 0.2) is 0 Å². The van der Waals surface area contributed by atoms with Gasteiger partial charge in [-0.15, -0.1) is 0 Å². The van der Waals surface area contributed by atoms with Gasteiger partial charge in [0, 0.05) is 99.9 Å². The molecule has 11 rings (SSSR count). The number of rotatable bonds is 12. The van der Waals surface area contributed by atoms with Gasteiger partial charge in [-0.1, -0.05) is 42.6 Å². The first-order valence-electron chi connectivity index (χ1n) is 30.2. The van der Waals surface area contributed by atoms with Crippen LogP contribution in [0, 0.1) is 25.7 Å². The van der Waals surface area contributed by atoms with Gasteiger partial charge >= 0.3 is 25.4 Å². The maximum absolute atomic E-state index is 12.9. The SMILES string of the molecule is CC[C@@H]1CCN(C(=O)Nc2ccc(C)c(-c3cc(N4CCOCC4)nc(NC4CCC(O)C4)n3)c2)C1.Cc1ccc(NC(=O)N2CC[C@@H](CC(F)(F)F)C2)cc1B1OC(C)(C)C(C)(C)O1.OC1CCC(Nc2nc(Cl)cc(N3CCOCC3)n2)C1. The molecule has 20 nitrogen and oxygen atoms in total. The van der Waals surface area contributed by atoms with Gasteiger partial charge in [0.25, 0.3) is 0 Å². The maximum atomic E-state index is 12.9. The molecule has 4 unspecified atom stereocenters. The fraction of sp³-hybridized carbons (Fsp3) is 0.633. The largest absolute Gasteiger partial charge is 0.495 e. The number of hydrogen-bond donors (Lipinski definition) is 6. The van der Waals surface area contributed by atoms with E-state index < -0.39 is 42.9 Å². The summed E-state index contributed by atoms with van der Waals surface area (Å²) in [5, 5.41) is 32.6. The van der Waals surface area contributed by atoms with Crippen molar-refractivity contribution < 1.29 is 51.8 Å². The molecule has 0 bridgehead atoms. The number of benzene rings is 2. The topological polar surface area (TPSA) is 224 Å². The minimum Gasteiger partial charge on any atom is -0.399 e. The zero-order valence-corrected chi connectivity index (χ0v) is 50.9. The molecule has 6 atom stereocenters. The number of urea groups is 2. The summed E-state index contributed by atoms with van der Waals surface area (Å²) in [5.41, 5.74) is 5.00. The van der Waals surface area contributed by atoms with E-state index in [4.69, 9.17) is 40.4 Å². The predicted octanol–water partition coefficient (Wildman–Crippen LogP) is 9.27. The monoisotopic (exact) mass is 1200 g/mol. The Morgan fingerprint density at radius 3 is 1.66 bits per heavy atom. The number of aryl methyl sites for hydroxylation is 2. The second-order valence-electron chi connectivity index (χ2n) is 24.6. The smallest absolute Gasteiger partial charge is 0.399 e. The number of carbonyl (C=O) groups is 2. The van der Waals surface area contributed by atoms with E-state index in [2.05, 4.69) is 54.9 Å². The molecule has 7 fully saturated rings. The van der Waals surface area contributed by atoms with E-state index in [0.717, 1.165) is 129 Å². The molecule has 5 saturated heterocycles. The van der Waals surface area contributed by atoms with Crippen LogP contribution < -0.4 is 36.5 Å². The van der Waals surface area contributed by atoms with Crippen LogP contribution >= 0.6 is 11.6 Å². The molecule has 2 saturated carbocycles. The molecule has 4 amide bonds. The van der Waals surface area contributed by atoms with E-state index in [1.54, 1.807) is 18.2 Å². The fourth-order valence-corrected chi connectivity index (χ4v) is 11.9. The van der Waals surface area contributed by atoms with Gasteiger partial charge < -0.3 is 69.9 Å². The van der Waals surface area contributed by atoms with Crippen LogP contribution in [0.25, 0.3) is 11.3 Å². The number of likely N-dealkylation sites (tertiary alicyclic amines) is 2. The van der Waals surface area contributed by atoms with E-state index in [1.807, 2.05) is 69.9 Å². The molecule has 6 N–H and O–H groups in total. The van der Waals surface area contributed by atoms with E-state index in [-0.39, 0.29) is 36.9 Å². The van der Waals surface area contributed by atoms with E-state index in [1.165, 1.54) is 4.90 Å². The number of ether oxygens (including phenoxy) is 2. The van der Waals surface area contributed by atoms with Gasteiger partial charge in [-0.2, -0.15) is 23.1 Å². The third-order valence-corrected chi connectivity index (χ3v) is 17.8. The molecule has 25 heteroatoms. The molecule has 7 aliphatic rings. The Kier molecular flexibility index (Phi) is 21.0. The Morgan fingerprint density at radius 2 is 1.15 bits per heavy atom. The van der Waals surface area contributed by atoms with Crippen LogP contribution in [0.15, 0.2) is 48.5 Å². The summed E-state index contributed by atoms with van der Waals surface area (Å²) >= 11 is 6.08. The summed E-state index contributed by atoms with van der Waals surface area (Å²) in [6.45, 7) is 22.1. The molecule has 2 aromatic heterocycles. The molecule has 464 valence electrons. The summed E-state index contributed by atoms with van der Waals surface area (Å²) in [4.78, 5) is 51.6. The first-order chi connectivity index (χ1) is 40.5. The summed E-state index contributed by atoms with van der Waals surface area (Å²) in [6, 6.07) is 15.2. The average molecular weight is 1210 g/mol. The number of aliphatic hydroxyl groups is 2. The van der Waals surface area contributed by atoms with E-state index in [9.17, 15) is 33.0 Å². The highest BCUT2D eigenvalue weighted by Gasteiger charge is 2.52. The summed E-state index contributed by atoms with van der Waals surface area (Å²) < 4.78 is 60.8. The Balaban J connectivity index is 0.000000159. The van der Waals surface area contributed by atoms with Crippen molar-refractivity contribution >= 4 is 71.2 Å². The van der Waals surface area contributed by atoms with Crippen molar-refractivity contribution in [1.82, 2.24) is 29.7 Å². The van der Waals surface area contributed by atoms with Crippen LogP contribution in [0.3, 0.4) is 0 Å². The fourth-order valence-electron chi connectivity index (χ4n) is 11.7. The molecular weight excluding hydrogens is 1120 g/mol. The van der Waals surface area contributed by atoms with Crippen LogP contribution in [0.4, 0.5) is 57.7 Å². The molecule has 0 spiro atoms. The first kappa shape index (κ1) is 63.7. The number of nitrogens with one attached hydrogen (secondary N) is 4. The molecule has 2 aromatic carbocycles. The van der Waals surface area contributed by atoms with Crippen molar-refractivity contribution in [3.05, 3.63) is 64.8 Å². The Morgan fingerprint density at radius 1 is 0.659 bits per heavy atom. The number of aromatic nitrogens is 4. The van der Waals surface area contributed by atoms with Gasteiger partial charge in [-0.3, -0.25) is 0 Å². The van der Waals surface area contributed by atoms with E-state index in [0.29, 0.717) is 74.5 Å². The van der Waals surface area contributed by atoms with Crippen molar-refractivity contribution in [3.63, 3.8) is 0 Å². The Labute approximate surface area is 502 Å². The van der Waals surface area contributed by atoms with E-state index >= 15 is 0 Å². The lowest BCUT2D eigenvalue weighted by Crippen LogP contribution is -2.41. The van der Waals surface area contributed by atoms with Crippen LogP contribution in [0.2, 0.25) is 5.15 Å². The van der Waals surface area contributed by atoms with Gasteiger partial charge in [-0.25, -0.2) is 19.6 Å². The van der Waals surface area contributed by atoms with Crippen LogP contribution in [0.5, 0.6) is 0 Å². The highest BCUT2D eigenvalue weighted by atomic mass is 35.5. The minimum atomic E-state index is -4.20. The summed E-state index contributed by atoms with van der Waals surface area (Å²) in [5.74, 6) is 2.85. The first-order valence-corrected chi connectivity index (χ1v) is 30.6. The molecule has 5 aliphatic heterocycles. The number of carbonyl (C=O) groups excluding carboxylic acids is 2. The second kappa shape index (κ2) is 27.9. The highest BCUT2D eigenvalue weighted by molar-refractivity contribution is 6.62. The number of hydrogen-bond acceptors (Lipinski definition) is 16. The van der Waals surface area contributed by atoms with Crippen molar-refractivity contribution in [1.29, 1.82) is 0 Å². The zero-order valence-electron chi connectivity index (χ0n) is 50.2. The Bertz CT molecular complexity index is 2910. The number of nitrogens with zero attached hydrogens (tertiary/aromatic N) is 8. The lowest BCUT2D eigenvalue weighted by atomic mass is 9.76. The molecule has 85 heavy (non-hydrogen) atoms. The van der Waals surface area contributed by atoms with Gasteiger partial charge in [0.1, 0.15) is 16.8 Å². The number of halogens is 4. The minimum absolute atomic E-state index is 0.0420. The molecule has 2 aliphatic carbocycles. The second-order valence-corrected chi connectivity index (χ2v) is 25.0. The zero-order chi connectivity index (χ0) is 60.6. The van der Waals surface area contributed by atoms with Crippen LogP contribution in [0.1, 0.15) is 110 Å². The van der Waals surface area contributed by atoms with Crippen LogP contribution in [-0.4, -0.2) is 180 Å². The highest BCUT2D eigenvalue weighted by Crippen LogP contribution is 2.38. The molecule has 0 radical (unpaired) electrons. The van der Waals surface area contributed by atoms with Gasteiger partial charge in [-0.05, 0) is 140 Å². The normalized spacial score (nSPS) is 24.6. The number of alkyl halides is 3. The number of morpholine rings is 2. The molecule has 7 heterocycles. The van der Waals surface area contributed by atoms with Crippen molar-refractivity contribution in [2.45, 2.75) is 154 Å². The molecule has 4 aromatic rings. The lowest BCUT2D eigenvalue weighted by Gasteiger charge is -2.32. The number of anilines is 6. The number of aliphatic hydroxyl groups excluding tert-OH is 2. The Hall–Kier alpha value is -5.76. The quantitative estimate of drug-likeness (QED) is 0.0574. The summed E-state index contributed by atoms with van der Waals surface area (Å²) in [6.07, 6.45) is 1.90. The van der Waals surface area contributed by atoms with Crippen LogP contribution in [-0.2, 0) is 18.8 Å². The maximum Gasteiger partial charge on any atom is 0.495 e. The third-order valence-electron chi connectivity index (χ3n) is 17.6. The van der Waals surface area contributed by atoms with Crippen molar-refractivity contribution in [3.8, 4) is 11.3 Å². The molecular formula is C60H85BClF3N12O8. The van der Waals surface area contributed by atoms with Gasteiger partial charge in [0.2, 0.25) is 11.9 Å². The predicted molar refractivity (Wildman–Crippen MR) is 325 cm³/mol.